The van der Waals surface area contributed by atoms with E-state index in [4.69, 9.17) is 0 Å². The van der Waals surface area contributed by atoms with Gasteiger partial charge in [-0.1, -0.05) is 36.4 Å². The van der Waals surface area contributed by atoms with E-state index in [1.54, 1.807) is 0 Å². The van der Waals surface area contributed by atoms with Gasteiger partial charge in [0.1, 0.15) is 0 Å². The van der Waals surface area contributed by atoms with Crippen molar-refractivity contribution in [2.75, 3.05) is 36.4 Å². The topological polar surface area (TPSA) is 61.4 Å². The van der Waals surface area contributed by atoms with Crippen molar-refractivity contribution in [2.24, 2.45) is 0 Å². The van der Waals surface area contributed by atoms with E-state index in [1.807, 2.05) is 78.6 Å². The Labute approximate surface area is 164 Å². The second-order valence-corrected chi connectivity index (χ2v) is 6.86. The Morgan fingerprint density at radius 2 is 1.57 bits per heavy atom. The van der Waals surface area contributed by atoms with Crippen molar-refractivity contribution in [2.45, 2.75) is 6.92 Å². The third-order valence-corrected chi connectivity index (χ3v) is 4.96. The van der Waals surface area contributed by atoms with Crippen LogP contribution in [0.1, 0.15) is 15.9 Å². The molecule has 0 aliphatic carbocycles. The number of amides is 1. The van der Waals surface area contributed by atoms with Crippen LogP contribution in [0.5, 0.6) is 0 Å². The summed E-state index contributed by atoms with van der Waals surface area (Å²) < 4.78 is 0. The standard InChI is InChI=1S/C22H23N5O/c1-17-7-5-6-10-19(17)22(28)27-15-13-26(14-16-27)21-12-11-20(24-25-21)23-18-8-3-2-4-9-18/h2-12H,13-16H2,1H3,(H,23,24). The minimum atomic E-state index is 0.103. The number of hydrogen-bond donors (Lipinski definition) is 1. The zero-order chi connectivity index (χ0) is 19.3. The summed E-state index contributed by atoms with van der Waals surface area (Å²) in [4.78, 5) is 16.8. The van der Waals surface area contributed by atoms with E-state index < -0.39 is 0 Å². The van der Waals surface area contributed by atoms with Crippen molar-refractivity contribution >= 4 is 23.2 Å². The molecule has 6 heteroatoms. The smallest absolute Gasteiger partial charge is 0.254 e. The van der Waals surface area contributed by atoms with Gasteiger partial charge in [0.25, 0.3) is 5.91 Å². The van der Waals surface area contributed by atoms with Gasteiger partial charge >= 0.3 is 0 Å². The number of benzene rings is 2. The van der Waals surface area contributed by atoms with E-state index in [2.05, 4.69) is 20.4 Å². The number of aromatic nitrogens is 2. The van der Waals surface area contributed by atoms with Crippen LogP contribution in [0.15, 0.2) is 66.7 Å². The first-order valence-corrected chi connectivity index (χ1v) is 9.46. The quantitative estimate of drug-likeness (QED) is 0.759. The highest BCUT2D eigenvalue weighted by Gasteiger charge is 2.23. The van der Waals surface area contributed by atoms with Gasteiger partial charge in [-0.05, 0) is 42.8 Å². The van der Waals surface area contributed by atoms with Crippen molar-refractivity contribution in [3.63, 3.8) is 0 Å². The van der Waals surface area contributed by atoms with Gasteiger partial charge in [-0.25, -0.2) is 0 Å². The second kappa shape index (κ2) is 8.08. The first kappa shape index (κ1) is 18.0. The molecule has 1 N–H and O–H groups in total. The molecular formula is C22H23N5O. The lowest BCUT2D eigenvalue weighted by Gasteiger charge is -2.35. The number of para-hydroxylation sites is 1. The molecule has 4 rings (SSSR count). The van der Waals surface area contributed by atoms with E-state index in [0.29, 0.717) is 18.9 Å². The highest BCUT2D eigenvalue weighted by molar-refractivity contribution is 5.95. The molecule has 0 atom stereocenters. The summed E-state index contributed by atoms with van der Waals surface area (Å²) in [5.41, 5.74) is 2.78. The van der Waals surface area contributed by atoms with E-state index >= 15 is 0 Å². The van der Waals surface area contributed by atoms with Crippen molar-refractivity contribution < 1.29 is 4.79 Å². The van der Waals surface area contributed by atoms with Crippen LogP contribution in [0.2, 0.25) is 0 Å². The predicted molar refractivity (Wildman–Crippen MR) is 111 cm³/mol. The molecule has 0 radical (unpaired) electrons. The maximum absolute atomic E-state index is 12.8. The minimum Gasteiger partial charge on any atom is -0.352 e. The van der Waals surface area contributed by atoms with Crippen molar-refractivity contribution in [3.05, 3.63) is 77.9 Å². The van der Waals surface area contributed by atoms with Crippen LogP contribution in [0.25, 0.3) is 0 Å². The molecule has 0 saturated carbocycles. The Bertz CT molecular complexity index is 935. The molecule has 3 aromatic rings. The highest BCUT2D eigenvalue weighted by Crippen LogP contribution is 2.18. The monoisotopic (exact) mass is 373 g/mol. The third kappa shape index (κ3) is 3.96. The number of nitrogens with one attached hydrogen (secondary N) is 1. The summed E-state index contributed by atoms with van der Waals surface area (Å²) in [6.45, 7) is 4.83. The van der Waals surface area contributed by atoms with Gasteiger partial charge in [-0.3, -0.25) is 4.79 Å². The zero-order valence-electron chi connectivity index (χ0n) is 15.9. The molecule has 28 heavy (non-hydrogen) atoms. The number of aryl methyl sites for hydroxylation is 1. The maximum atomic E-state index is 12.8. The molecule has 1 aliphatic heterocycles. The number of anilines is 3. The van der Waals surface area contributed by atoms with Crippen LogP contribution in [-0.4, -0.2) is 47.2 Å². The number of nitrogens with zero attached hydrogens (tertiary/aromatic N) is 4. The summed E-state index contributed by atoms with van der Waals surface area (Å²) in [5.74, 6) is 1.65. The minimum absolute atomic E-state index is 0.103. The second-order valence-electron chi connectivity index (χ2n) is 6.86. The van der Waals surface area contributed by atoms with E-state index in [0.717, 1.165) is 35.7 Å². The summed E-state index contributed by atoms with van der Waals surface area (Å²) in [7, 11) is 0. The Morgan fingerprint density at radius 3 is 2.25 bits per heavy atom. The largest absolute Gasteiger partial charge is 0.352 e. The van der Waals surface area contributed by atoms with Gasteiger partial charge in [-0.15, -0.1) is 10.2 Å². The fourth-order valence-electron chi connectivity index (χ4n) is 3.35. The third-order valence-electron chi connectivity index (χ3n) is 4.96. The average molecular weight is 373 g/mol. The molecular weight excluding hydrogens is 350 g/mol. The van der Waals surface area contributed by atoms with E-state index in [-0.39, 0.29) is 5.91 Å². The van der Waals surface area contributed by atoms with E-state index in [9.17, 15) is 4.79 Å². The van der Waals surface area contributed by atoms with Crippen molar-refractivity contribution in [3.8, 4) is 0 Å². The first-order chi connectivity index (χ1) is 13.7. The molecule has 2 aromatic carbocycles. The SMILES string of the molecule is Cc1ccccc1C(=O)N1CCN(c2ccc(Nc3ccccc3)nn2)CC1. The maximum Gasteiger partial charge on any atom is 0.254 e. The fourth-order valence-corrected chi connectivity index (χ4v) is 3.35. The Morgan fingerprint density at radius 1 is 0.857 bits per heavy atom. The van der Waals surface area contributed by atoms with Crippen LogP contribution in [0.4, 0.5) is 17.3 Å². The van der Waals surface area contributed by atoms with Crippen LogP contribution in [0.3, 0.4) is 0 Å². The molecule has 0 unspecified atom stereocenters. The number of carbonyl (C=O) groups excluding carboxylic acids is 1. The lowest BCUT2D eigenvalue weighted by atomic mass is 10.1. The van der Waals surface area contributed by atoms with Crippen LogP contribution in [0, 0.1) is 6.92 Å². The first-order valence-electron chi connectivity index (χ1n) is 9.46. The summed E-state index contributed by atoms with van der Waals surface area (Å²) in [6, 6.07) is 21.5. The number of rotatable bonds is 4. The Hall–Kier alpha value is -3.41. The van der Waals surface area contributed by atoms with Gasteiger partial charge in [0.15, 0.2) is 11.6 Å². The Kier molecular flexibility index (Phi) is 5.19. The molecule has 1 amide bonds. The van der Waals surface area contributed by atoms with Gasteiger partial charge < -0.3 is 15.1 Å². The summed E-state index contributed by atoms with van der Waals surface area (Å²) in [5, 5.41) is 11.9. The van der Waals surface area contributed by atoms with Gasteiger partial charge in [0, 0.05) is 37.4 Å². The molecule has 0 bridgehead atoms. The lowest BCUT2D eigenvalue weighted by Crippen LogP contribution is -2.49. The predicted octanol–water partition coefficient (Wildman–Crippen LogP) is 3.49. The fraction of sp³-hybridized carbons (Fsp3) is 0.227. The van der Waals surface area contributed by atoms with Gasteiger partial charge in [0.05, 0.1) is 0 Å². The number of hydrogen-bond acceptors (Lipinski definition) is 5. The normalized spacial score (nSPS) is 14.0. The zero-order valence-corrected chi connectivity index (χ0v) is 15.9. The molecule has 6 nitrogen and oxygen atoms in total. The van der Waals surface area contributed by atoms with Crippen LogP contribution in [-0.2, 0) is 0 Å². The summed E-state index contributed by atoms with van der Waals surface area (Å²) in [6.07, 6.45) is 0. The molecule has 1 aliphatic rings. The number of carbonyl (C=O) groups is 1. The van der Waals surface area contributed by atoms with Crippen molar-refractivity contribution in [1.82, 2.24) is 15.1 Å². The molecule has 142 valence electrons. The molecule has 0 spiro atoms. The van der Waals surface area contributed by atoms with Gasteiger partial charge in [-0.2, -0.15) is 0 Å². The molecule has 1 fully saturated rings. The molecule has 2 heterocycles. The highest BCUT2D eigenvalue weighted by atomic mass is 16.2. The lowest BCUT2D eigenvalue weighted by molar-refractivity contribution is 0.0746. The van der Waals surface area contributed by atoms with Crippen molar-refractivity contribution in [1.29, 1.82) is 0 Å². The average Bonchev–Trinajstić information content (AvgIpc) is 2.75. The van der Waals surface area contributed by atoms with Gasteiger partial charge in [0.2, 0.25) is 0 Å². The molecule has 1 aromatic heterocycles. The van der Waals surface area contributed by atoms with Crippen LogP contribution < -0.4 is 10.2 Å². The molecule has 1 saturated heterocycles. The Balaban J connectivity index is 1.36. The number of piperazine rings is 1. The van der Waals surface area contributed by atoms with Crippen LogP contribution >= 0.6 is 0 Å². The van der Waals surface area contributed by atoms with E-state index in [1.165, 1.54) is 0 Å². The summed E-state index contributed by atoms with van der Waals surface area (Å²) >= 11 is 0.